The molecule has 2 aliphatic heterocycles. The van der Waals surface area contributed by atoms with E-state index in [1.54, 1.807) is 0 Å². The molecule has 1 unspecified atom stereocenters. The number of rotatable bonds is 5. The van der Waals surface area contributed by atoms with Crippen LogP contribution in [-0.2, 0) is 4.74 Å². The van der Waals surface area contributed by atoms with Gasteiger partial charge in [0.05, 0.1) is 13.2 Å². The van der Waals surface area contributed by atoms with E-state index in [0.717, 1.165) is 72.7 Å². The van der Waals surface area contributed by atoms with E-state index in [9.17, 15) is 0 Å². The minimum Gasteiger partial charge on any atom is -0.488 e. The van der Waals surface area contributed by atoms with Crippen molar-refractivity contribution < 1.29 is 9.47 Å². The first-order chi connectivity index (χ1) is 17.5. The molecular formula is C30H34N4O2. The smallest absolute Gasteiger partial charge is 0.137 e. The summed E-state index contributed by atoms with van der Waals surface area (Å²) in [6.45, 7) is 10.3. The molecule has 0 aliphatic carbocycles. The van der Waals surface area contributed by atoms with Gasteiger partial charge in [-0.05, 0) is 73.5 Å². The molecule has 2 saturated heterocycles. The average molecular weight is 483 g/mol. The monoisotopic (exact) mass is 482 g/mol. The number of H-pyrrole nitrogens is 1. The number of ether oxygens (including phenoxy) is 2. The van der Waals surface area contributed by atoms with E-state index in [4.69, 9.17) is 14.5 Å². The first kappa shape index (κ1) is 23.1. The van der Waals surface area contributed by atoms with Crippen LogP contribution in [0.25, 0.3) is 33.3 Å². The molecule has 6 heteroatoms. The molecule has 6 nitrogen and oxygen atoms in total. The van der Waals surface area contributed by atoms with Gasteiger partial charge in [-0.2, -0.15) is 0 Å². The Kier molecular flexibility index (Phi) is 6.15. The maximum Gasteiger partial charge on any atom is 0.137 e. The van der Waals surface area contributed by atoms with Gasteiger partial charge < -0.3 is 24.3 Å². The molecule has 4 heterocycles. The third-order valence-corrected chi connectivity index (χ3v) is 7.53. The van der Waals surface area contributed by atoms with Gasteiger partial charge in [-0.3, -0.25) is 0 Å². The van der Waals surface area contributed by atoms with Gasteiger partial charge in [0.15, 0.2) is 0 Å². The number of aromatic amines is 1. The zero-order valence-corrected chi connectivity index (χ0v) is 21.4. The molecule has 4 aromatic rings. The first-order valence-electron chi connectivity index (χ1n) is 12.9. The van der Waals surface area contributed by atoms with Gasteiger partial charge in [-0.1, -0.05) is 12.1 Å². The molecule has 0 amide bonds. The second-order valence-corrected chi connectivity index (χ2v) is 10.2. The van der Waals surface area contributed by atoms with Crippen molar-refractivity contribution in [3.63, 3.8) is 0 Å². The molecule has 186 valence electrons. The Morgan fingerprint density at radius 2 is 1.69 bits per heavy atom. The summed E-state index contributed by atoms with van der Waals surface area (Å²) in [7, 11) is 2.20. The van der Waals surface area contributed by atoms with E-state index in [-0.39, 0.29) is 6.10 Å². The number of nitrogens with zero attached hydrogens (tertiary/aromatic N) is 3. The summed E-state index contributed by atoms with van der Waals surface area (Å²) in [5, 5.41) is 1.13. The molecule has 6 rings (SSSR count). The molecular weight excluding hydrogens is 448 g/mol. The van der Waals surface area contributed by atoms with Crippen molar-refractivity contribution in [1.29, 1.82) is 0 Å². The zero-order valence-electron chi connectivity index (χ0n) is 21.4. The highest BCUT2D eigenvalue weighted by atomic mass is 16.5. The maximum atomic E-state index is 6.04. The van der Waals surface area contributed by atoms with Crippen molar-refractivity contribution in [3.8, 4) is 28.0 Å². The third kappa shape index (κ3) is 4.47. The molecule has 0 radical (unpaired) electrons. The van der Waals surface area contributed by atoms with Gasteiger partial charge in [0.1, 0.15) is 17.5 Å². The molecule has 0 saturated carbocycles. The van der Waals surface area contributed by atoms with Gasteiger partial charge in [-0.15, -0.1) is 0 Å². The van der Waals surface area contributed by atoms with Crippen molar-refractivity contribution >= 4 is 16.7 Å². The van der Waals surface area contributed by atoms with Crippen molar-refractivity contribution in [2.45, 2.75) is 26.4 Å². The fourth-order valence-corrected chi connectivity index (χ4v) is 5.56. The normalized spacial score (nSPS) is 18.8. The maximum absolute atomic E-state index is 6.04. The van der Waals surface area contributed by atoms with E-state index in [2.05, 4.69) is 72.2 Å². The van der Waals surface area contributed by atoms with Crippen LogP contribution in [0.2, 0.25) is 0 Å². The molecule has 0 spiro atoms. The summed E-state index contributed by atoms with van der Waals surface area (Å²) in [5.74, 6) is 0.888. The van der Waals surface area contributed by atoms with E-state index >= 15 is 0 Å². The lowest BCUT2D eigenvalue weighted by molar-refractivity contribution is 0.141. The Hall–Kier alpha value is -3.35. The minimum absolute atomic E-state index is 0.158. The van der Waals surface area contributed by atoms with Crippen molar-refractivity contribution in [1.82, 2.24) is 14.9 Å². The van der Waals surface area contributed by atoms with Crippen LogP contribution in [-0.4, -0.2) is 67.4 Å². The number of benzene rings is 2. The highest BCUT2D eigenvalue weighted by Gasteiger charge is 2.19. The lowest BCUT2D eigenvalue weighted by atomic mass is 9.97. The van der Waals surface area contributed by atoms with Gasteiger partial charge >= 0.3 is 0 Å². The number of hydrogen-bond acceptors (Lipinski definition) is 5. The van der Waals surface area contributed by atoms with Gasteiger partial charge in [0.25, 0.3) is 0 Å². The number of nitrogens with one attached hydrogen (secondary N) is 1. The van der Waals surface area contributed by atoms with Crippen LogP contribution in [0.5, 0.6) is 5.75 Å². The van der Waals surface area contributed by atoms with Crippen LogP contribution < -0.4 is 9.64 Å². The number of anilines is 1. The van der Waals surface area contributed by atoms with Crippen LogP contribution in [0.15, 0.2) is 54.9 Å². The van der Waals surface area contributed by atoms with Crippen LogP contribution in [0.3, 0.4) is 0 Å². The Morgan fingerprint density at radius 1 is 0.944 bits per heavy atom. The summed E-state index contributed by atoms with van der Waals surface area (Å²) in [5.41, 5.74) is 9.59. The summed E-state index contributed by atoms with van der Waals surface area (Å²) >= 11 is 0. The van der Waals surface area contributed by atoms with Crippen molar-refractivity contribution in [2.75, 3.05) is 51.3 Å². The molecule has 1 N–H and O–H groups in total. The van der Waals surface area contributed by atoms with Crippen LogP contribution >= 0.6 is 0 Å². The van der Waals surface area contributed by atoms with Gasteiger partial charge in [0, 0.05) is 67.2 Å². The highest BCUT2D eigenvalue weighted by molar-refractivity contribution is 5.96. The zero-order chi connectivity index (χ0) is 24.6. The Balaban J connectivity index is 1.29. The number of aromatic nitrogens is 2. The largest absolute Gasteiger partial charge is 0.488 e. The first-order valence-corrected chi connectivity index (χ1v) is 12.9. The summed E-state index contributed by atoms with van der Waals surface area (Å²) in [6.07, 6.45) is 5.14. The number of fused-ring (bicyclic) bond motifs is 1. The molecule has 2 aromatic heterocycles. The summed E-state index contributed by atoms with van der Waals surface area (Å²) in [6, 6.07) is 15.2. The van der Waals surface area contributed by atoms with Crippen LogP contribution in [0.4, 0.5) is 5.69 Å². The fraction of sp³-hybridized carbons (Fsp3) is 0.367. The summed E-state index contributed by atoms with van der Waals surface area (Å²) in [4.78, 5) is 13.0. The van der Waals surface area contributed by atoms with Crippen LogP contribution in [0, 0.1) is 13.8 Å². The fourth-order valence-electron chi connectivity index (χ4n) is 5.56. The topological polar surface area (TPSA) is 53.6 Å². The predicted octanol–water partition coefficient (Wildman–Crippen LogP) is 5.43. The van der Waals surface area contributed by atoms with E-state index in [0.29, 0.717) is 6.61 Å². The second kappa shape index (κ2) is 9.60. The number of piperazine rings is 1. The Morgan fingerprint density at radius 3 is 2.39 bits per heavy atom. The van der Waals surface area contributed by atoms with E-state index < -0.39 is 0 Å². The number of hydrogen-bond donors (Lipinski definition) is 1. The van der Waals surface area contributed by atoms with Crippen molar-refractivity contribution in [2.24, 2.45) is 0 Å². The van der Waals surface area contributed by atoms with E-state index in [1.807, 2.05) is 18.3 Å². The molecule has 0 bridgehead atoms. The predicted molar refractivity (Wildman–Crippen MR) is 146 cm³/mol. The van der Waals surface area contributed by atoms with E-state index in [1.165, 1.54) is 22.4 Å². The van der Waals surface area contributed by atoms with Gasteiger partial charge in [0.2, 0.25) is 0 Å². The van der Waals surface area contributed by atoms with Crippen molar-refractivity contribution in [3.05, 3.63) is 66.0 Å². The van der Waals surface area contributed by atoms with Crippen LogP contribution in [0.1, 0.15) is 17.5 Å². The van der Waals surface area contributed by atoms with Gasteiger partial charge in [-0.25, -0.2) is 4.98 Å². The quantitative estimate of drug-likeness (QED) is 0.411. The summed E-state index contributed by atoms with van der Waals surface area (Å²) < 4.78 is 11.5. The number of likely N-dealkylation sites (N-methyl/N-ethyl adjacent to an activating group) is 1. The SMILES string of the molecule is Cc1cc(-c2cnc3[nH]cc(-c4ccc(OC5CCOC5)cc4)c3c2)cc(C)c1N1CCN(C)CC1. The molecule has 2 fully saturated rings. The Labute approximate surface area is 212 Å². The standard InChI is InChI=1S/C30H34N4O2/c1-20-14-23(15-21(2)29(20)34-11-9-33(3)10-12-34)24-16-27-28(18-32-30(27)31-17-24)22-4-6-25(7-5-22)36-26-8-13-35-19-26/h4-7,14-18,26H,8-13,19H2,1-3H3,(H,31,32). The molecule has 1 atom stereocenters. The number of aryl methyl sites for hydroxylation is 2. The average Bonchev–Trinajstić information content (AvgIpc) is 3.55. The third-order valence-electron chi connectivity index (χ3n) is 7.53. The highest BCUT2D eigenvalue weighted by Crippen LogP contribution is 2.35. The Bertz CT molecular complexity index is 1340. The minimum atomic E-state index is 0.158. The molecule has 2 aromatic carbocycles. The lowest BCUT2D eigenvalue weighted by Crippen LogP contribution is -2.45. The number of pyridine rings is 1. The lowest BCUT2D eigenvalue weighted by Gasteiger charge is -2.36. The molecule has 36 heavy (non-hydrogen) atoms. The molecule has 2 aliphatic rings. The second-order valence-electron chi connectivity index (χ2n) is 10.2.